The number of hydrogen-bond donors (Lipinski definition) is 1. The van der Waals surface area contributed by atoms with Gasteiger partial charge in [0.15, 0.2) is 0 Å². The lowest BCUT2D eigenvalue weighted by molar-refractivity contribution is 0.628. The fourth-order valence-electron chi connectivity index (χ4n) is 2.51. The molecular formula is C16H16FN. The monoisotopic (exact) mass is 241 g/mol. The average Bonchev–Trinajstić information content (AvgIpc) is 2.85. The number of hydrogen-bond acceptors (Lipinski definition) is 1. The third-order valence-corrected chi connectivity index (χ3v) is 3.50. The first-order valence-corrected chi connectivity index (χ1v) is 6.41. The fraction of sp³-hybridized carbons (Fsp3) is 0.250. The summed E-state index contributed by atoms with van der Waals surface area (Å²) in [6.07, 6.45) is 3.71. The maximum Gasteiger partial charge on any atom is 0.123 e. The Morgan fingerprint density at radius 1 is 0.944 bits per heavy atom. The van der Waals surface area contributed by atoms with Crippen molar-refractivity contribution in [2.75, 3.05) is 5.32 Å². The van der Waals surface area contributed by atoms with Gasteiger partial charge in [-0.1, -0.05) is 18.2 Å². The van der Waals surface area contributed by atoms with Crippen LogP contribution >= 0.6 is 0 Å². The number of aryl methyl sites for hydroxylation is 2. The highest BCUT2D eigenvalue weighted by Crippen LogP contribution is 2.23. The smallest absolute Gasteiger partial charge is 0.123 e. The van der Waals surface area contributed by atoms with Gasteiger partial charge in [-0.3, -0.25) is 0 Å². The van der Waals surface area contributed by atoms with Gasteiger partial charge >= 0.3 is 0 Å². The van der Waals surface area contributed by atoms with E-state index in [1.54, 1.807) is 12.1 Å². The van der Waals surface area contributed by atoms with Gasteiger partial charge in [0, 0.05) is 12.2 Å². The molecule has 1 nitrogen and oxygen atoms in total. The Morgan fingerprint density at radius 2 is 1.72 bits per heavy atom. The molecule has 18 heavy (non-hydrogen) atoms. The minimum absolute atomic E-state index is 0.196. The third-order valence-electron chi connectivity index (χ3n) is 3.50. The summed E-state index contributed by atoms with van der Waals surface area (Å²) in [7, 11) is 0. The Balaban J connectivity index is 1.68. The average molecular weight is 241 g/mol. The van der Waals surface area contributed by atoms with Gasteiger partial charge in [-0.05, 0) is 60.2 Å². The molecule has 0 fully saturated rings. The molecule has 0 unspecified atom stereocenters. The quantitative estimate of drug-likeness (QED) is 0.858. The van der Waals surface area contributed by atoms with Gasteiger partial charge in [-0.2, -0.15) is 0 Å². The Kier molecular flexibility index (Phi) is 3.01. The maximum absolute atomic E-state index is 12.8. The first kappa shape index (κ1) is 11.3. The van der Waals surface area contributed by atoms with Gasteiger partial charge in [0.1, 0.15) is 5.82 Å². The molecule has 1 aliphatic rings. The van der Waals surface area contributed by atoms with E-state index in [1.807, 2.05) is 0 Å². The van der Waals surface area contributed by atoms with Gasteiger partial charge in [0.25, 0.3) is 0 Å². The molecule has 0 aromatic heterocycles. The van der Waals surface area contributed by atoms with Crippen LogP contribution in [0.3, 0.4) is 0 Å². The van der Waals surface area contributed by atoms with Gasteiger partial charge in [0.05, 0.1) is 0 Å². The Bertz CT molecular complexity index is 546. The Labute approximate surface area is 107 Å². The van der Waals surface area contributed by atoms with Crippen molar-refractivity contribution in [2.45, 2.75) is 25.8 Å². The van der Waals surface area contributed by atoms with Crippen LogP contribution in [0.5, 0.6) is 0 Å². The van der Waals surface area contributed by atoms with E-state index in [4.69, 9.17) is 0 Å². The van der Waals surface area contributed by atoms with E-state index in [1.165, 1.54) is 48.1 Å². The summed E-state index contributed by atoms with van der Waals surface area (Å²) in [5, 5.41) is 3.31. The zero-order chi connectivity index (χ0) is 12.4. The van der Waals surface area contributed by atoms with Crippen LogP contribution in [0.25, 0.3) is 0 Å². The van der Waals surface area contributed by atoms with Crippen molar-refractivity contribution >= 4 is 5.69 Å². The van der Waals surface area contributed by atoms with E-state index in [9.17, 15) is 4.39 Å². The van der Waals surface area contributed by atoms with Crippen LogP contribution in [0.1, 0.15) is 23.1 Å². The molecule has 1 aliphatic carbocycles. The number of halogens is 1. The molecule has 0 heterocycles. The van der Waals surface area contributed by atoms with Gasteiger partial charge < -0.3 is 5.32 Å². The first-order chi connectivity index (χ1) is 8.81. The van der Waals surface area contributed by atoms with Crippen LogP contribution in [0.4, 0.5) is 10.1 Å². The normalized spacial score (nSPS) is 13.4. The molecule has 0 bridgehead atoms. The minimum atomic E-state index is -0.196. The number of fused-ring (bicyclic) bond motifs is 1. The van der Waals surface area contributed by atoms with E-state index in [2.05, 4.69) is 23.5 Å². The highest BCUT2D eigenvalue weighted by atomic mass is 19.1. The molecule has 2 aromatic carbocycles. The Hall–Kier alpha value is -1.83. The lowest BCUT2D eigenvalue weighted by Gasteiger charge is -2.08. The predicted molar refractivity (Wildman–Crippen MR) is 72.2 cm³/mol. The van der Waals surface area contributed by atoms with Crippen molar-refractivity contribution in [3.8, 4) is 0 Å². The number of nitrogens with one attached hydrogen (secondary N) is 1. The molecular weight excluding hydrogens is 225 g/mol. The van der Waals surface area contributed by atoms with Crippen molar-refractivity contribution in [3.05, 3.63) is 65.0 Å². The van der Waals surface area contributed by atoms with Crippen LogP contribution in [0, 0.1) is 5.82 Å². The summed E-state index contributed by atoms with van der Waals surface area (Å²) < 4.78 is 12.8. The summed E-state index contributed by atoms with van der Waals surface area (Å²) in [6.45, 7) is 0.791. The van der Waals surface area contributed by atoms with Crippen molar-refractivity contribution in [2.24, 2.45) is 0 Å². The summed E-state index contributed by atoms with van der Waals surface area (Å²) in [5.41, 5.74) is 5.24. The second-order valence-electron chi connectivity index (χ2n) is 4.82. The predicted octanol–water partition coefficient (Wildman–Crippen LogP) is 3.93. The molecule has 0 saturated heterocycles. The molecule has 0 amide bonds. The van der Waals surface area contributed by atoms with Gasteiger partial charge in [-0.15, -0.1) is 0 Å². The molecule has 92 valence electrons. The number of benzene rings is 2. The van der Waals surface area contributed by atoms with E-state index < -0.39 is 0 Å². The summed E-state index contributed by atoms with van der Waals surface area (Å²) in [4.78, 5) is 0. The second kappa shape index (κ2) is 4.81. The van der Waals surface area contributed by atoms with Crippen molar-refractivity contribution in [1.29, 1.82) is 0 Å². The summed E-state index contributed by atoms with van der Waals surface area (Å²) >= 11 is 0. The van der Waals surface area contributed by atoms with E-state index >= 15 is 0 Å². The molecule has 0 spiro atoms. The van der Waals surface area contributed by atoms with Gasteiger partial charge in [-0.25, -0.2) is 4.39 Å². The Morgan fingerprint density at radius 3 is 2.56 bits per heavy atom. The zero-order valence-corrected chi connectivity index (χ0v) is 10.2. The highest BCUT2D eigenvalue weighted by molar-refractivity contribution is 5.44. The van der Waals surface area contributed by atoms with Crippen LogP contribution < -0.4 is 5.32 Å². The molecule has 1 N–H and O–H groups in total. The number of anilines is 1. The molecule has 2 heteroatoms. The minimum Gasteiger partial charge on any atom is -0.381 e. The molecule has 3 rings (SSSR count). The highest BCUT2D eigenvalue weighted by Gasteiger charge is 2.10. The largest absolute Gasteiger partial charge is 0.381 e. The first-order valence-electron chi connectivity index (χ1n) is 6.41. The van der Waals surface area contributed by atoms with Crippen molar-refractivity contribution in [1.82, 2.24) is 0 Å². The van der Waals surface area contributed by atoms with Crippen LogP contribution in [0.15, 0.2) is 42.5 Å². The third kappa shape index (κ3) is 2.37. The van der Waals surface area contributed by atoms with Crippen molar-refractivity contribution in [3.63, 3.8) is 0 Å². The molecule has 2 aromatic rings. The van der Waals surface area contributed by atoms with Crippen LogP contribution in [-0.2, 0) is 19.4 Å². The molecule has 0 radical (unpaired) electrons. The SMILES string of the molecule is Fc1ccc(NCc2ccc3c(c2)CCC3)cc1. The molecule has 0 aliphatic heterocycles. The lowest BCUT2D eigenvalue weighted by atomic mass is 10.1. The van der Waals surface area contributed by atoms with E-state index in [-0.39, 0.29) is 5.82 Å². The maximum atomic E-state index is 12.8. The van der Waals surface area contributed by atoms with Gasteiger partial charge in [0.2, 0.25) is 0 Å². The lowest BCUT2D eigenvalue weighted by Crippen LogP contribution is -2.00. The van der Waals surface area contributed by atoms with E-state index in [0.717, 1.165) is 12.2 Å². The summed E-state index contributed by atoms with van der Waals surface area (Å²) in [5.74, 6) is -0.196. The topological polar surface area (TPSA) is 12.0 Å². The number of rotatable bonds is 3. The molecule has 0 atom stereocenters. The van der Waals surface area contributed by atoms with Crippen LogP contribution in [0.2, 0.25) is 0 Å². The standard InChI is InChI=1S/C16H16FN/c17-15-6-8-16(9-7-15)18-11-12-4-5-13-2-1-3-14(13)10-12/h4-10,18H,1-3,11H2. The van der Waals surface area contributed by atoms with Crippen molar-refractivity contribution < 1.29 is 4.39 Å². The zero-order valence-electron chi connectivity index (χ0n) is 10.2. The summed E-state index contributed by atoms with van der Waals surface area (Å²) in [6, 6.07) is 13.2. The van der Waals surface area contributed by atoms with Crippen LogP contribution in [-0.4, -0.2) is 0 Å². The second-order valence-corrected chi connectivity index (χ2v) is 4.82. The fourth-order valence-corrected chi connectivity index (χ4v) is 2.51. The van der Waals surface area contributed by atoms with E-state index in [0.29, 0.717) is 0 Å². The molecule has 0 saturated carbocycles.